The molecule has 124 valence electrons. The summed E-state index contributed by atoms with van der Waals surface area (Å²) in [6.45, 7) is 13.7. The number of esters is 1. The monoisotopic (exact) mass is 299 g/mol. The molecule has 1 aliphatic carbocycles. The van der Waals surface area contributed by atoms with Crippen molar-refractivity contribution in [2.45, 2.75) is 72.6 Å². The Labute approximate surface area is 130 Å². The van der Waals surface area contributed by atoms with Gasteiger partial charge in [-0.05, 0) is 18.3 Å². The minimum absolute atomic E-state index is 0.0502. The van der Waals surface area contributed by atoms with Gasteiger partial charge in [0.15, 0.2) is 0 Å². The molecule has 21 heavy (non-hydrogen) atoms. The summed E-state index contributed by atoms with van der Waals surface area (Å²) in [6, 6.07) is 0.0723. The molecule has 0 radical (unpaired) electrons. The fraction of sp³-hybridized carbons (Fsp3) is 0.941. The number of ether oxygens (including phenoxy) is 2. The Balaban J connectivity index is 2.60. The first kappa shape index (κ1) is 18.4. The molecule has 0 heterocycles. The smallest absolute Gasteiger partial charge is 0.323 e. The predicted octanol–water partition coefficient (Wildman–Crippen LogP) is 3.00. The Morgan fingerprint density at radius 2 is 1.95 bits per heavy atom. The molecule has 0 aromatic carbocycles. The van der Waals surface area contributed by atoms with Gasteiger partial charge in [0.25, 0.3) is 0 Å². The number of methoxy groups -OCH3 is 1. The summed E-state index contributed by atoms with van der Waals surface area (Å²) in [5.41, 5.74) is 0.0502. The van der Waals surface area contributed by atoms with Gasteiger partial charge in [-0.3, -0.25) is 4.79 Å². The molecule has 0 bridgehead atoms. The van der Waals surface area contributed by atoms with Crippen molar-refractivity contribution < 1.29 is 14.3 Å². The lowest BCUT2D eigenvalue weighted by Gasteiger charge is -2.53. The van der Waals surface area contributed by atoms with Gasteiger partial charge in [-0.15, -0.1) is 0 Å². The van der Waals surface area contributed by atoms with Gasteiger partial charge in [-0.2, -0.15) is 0 Å². The van der Waals surface area contributed by atoms with Gasteiger partial charge < -0.3 is 14.8 Å². The molecule has 1 N–H and O–H groups in total. The SMILES string of the molecule is CCC(C)C(NC1CC(OCC(C)C)C1(C)C)C(=O)OC. The third-order valence-electron chi connectivity index (χ3n) is 4.86. The molecule has 0 aliphatic heterocycles. The van der Waals surface area contributed by atoms with E-state index in [0.717, 1.165) is 19.4 Å². The van der Waals surface area contributed by atoms with Crippen LogP contribution in [0, 0.1) is 17.3 Å². The molecule has 4 unspecified atom stereocenters. The average Bonchev–Trinajstić information content (AvgIpc) is 2.43. The molecule has 1 aliphatic rings. The standard InChI is InChI=1S/C17H33NO3/c1-8-12(4)15(16(19)20-7)18-13-9-14(17(13,5)6)21-10-11(2)3/h11-15,18H,8-10H2,1-7H3. The zero-order chi connectivity index (χ0) is 16.2. The van der Waals surface area contributed by atoms with E-state index in [4.69, 9.17) is 9.47 Å². The number of carbonyl (C=O) groups excluding carboxylic acids is 1. The van der Waals surface area contributed by atoms with Gasteiger partial charge in [0.2, 0.25) is 0 Å². The third-order valence-corrected chi connectivity index (χ3v) is 4.86. The fourth-order valence-corrected chi connectivity index (χ4v) is 2.80. The van der Waals surface area contributed by atoms with Crippen molar-refractivity contribution in [3.63, 3.8) is 0 Å². The van der Waals surface area contributed by atoms with Crippen LogP contribution in [0.2, 0.25) is 0 Å². The Morgan fingerprint density at radius 1 is 1.33 bits per heavy atom. The first-order valence-electron chi connectivity index (χ1n) is 8.19. The van der Waals surface area contributed by atoms with E-state index in [0.29, 0.717) is 12.0 Å². The van der Waals surface area contributed by atoms with E-state index in [-0.39, 0.29) is 29.4 Å². The number of hydrogen-bond acceptors (Lipinski definition) is 4. The first-order chi connectivity index (χ1) is 9.73. The summed E-state index contributed by atoms with van der Waals surface area (Å²) in [6.07, 6.45) is 2.18. The molecule has 1 saturated carbocycles. The second-order valence-electron chi connectivity index (χ2n) is 7.38. The van der Waals surface area contributed by atoms with Gasteiger partial charge in [0.1, 0.15) is 6.04 Å². The Bertz CT molecular complexity index is 341. The van der Waals surface area contributed by atoms with Gasteiger partial charge in [-0.25, -0.2) is 0 Å². The average molecular weight is 299 g/mol. The van der Waals surface area contributed by atoms with E-state index in [2.05, 4.69) is 46.9 Å². The molecule has 0 saturated heterocycles. The maximum absolute atomic E-state index is 12.0. The molecule has 0 amide bonds. The zero-order valence-electron chi connectivity index (χ0n) is 14.7. The lowest BCUT2D eigenvalue weighted by atomic mass is 9.64. The van der Waals surface area contributed by atoms with Crippen LogP contribution in [0.25, 0.3) is 0 Å². The number of carbonyl (C=O) groups is 1. The van der Waals surface area contributed by atoms with Crippen molar-refractivity contribution in [1.82, 2.24) is 5.32 Å². The lowest BCUT2D eigenvalue weighted by molar-refractivity contribution is -0.151. The summed E-state index contributed by atoms with van der Waals surface area (Å²) in [5, 5.41) is 3.51. The van der Waals surface area contributed by atoms with Crippen molar-refractivity contribution in [2.75, 3.05) is 13.7 Å². The second-order valence-corrected chi connectivity index (χ2v) is 7.38. The predicted molar refractivity (Wildman–Crippen MR) is 85.2 cm³/mol. The van der Waals surface area contributed by atoms with Gasteiger partial charge in [-0.1, -0.05) is 48.0 Å². The fourth-order valence-electron chi connectivity index (χ4n) is 2.80. The van der Waals surface area contributed by atoms with Crippen molar-refractivity contribution in [3.8, 4) is 0 Å². The van der Waals surface area contributed by atoms with Crippen molar-refractivity contribution >= 4 is 5.97 Å². The van der Waals surface area contributed by atoms with Crippen molar-refractivity contribution in [2.24, 2.45) is 17.3 Å². The Hall–Kier alpha value is -0.610. The topological polar surface area (TPSA) is 47.6 Å². The molecular weight excluding hydrogens is 266 g/mol. The van der Waals surface area contributed by atoms with Crippen molar-refractivity contribution in [3.05, 3.63) is 0 Å². The zero-order valence-corrected chi connectivity index (χ0v) is 14.7. The van der Waals surface area contributed by atoms with E-state index < -0.39 is 0 Å². The van der Waals surface area contributed by atoms with E-state index in [9.17, 15) is 4.79 Å². The van der Waals surface area contributed by atoms with Gasteiger partial charge >= 0.3 is 5.97 Å². The molecule has 1 fully saturated rings. The van der Waals surface area contributed by atoms with Crippen molar-refractivity contribution in [1.29, 1.82) is 0 Å². The lowest BCUT2D eigenvalue weighted by Crippen LogP contribution is -2.64. The normalized spacial score (nSPS) is 27.0. The van der Waals surface area contributed by atoms with E-state index in [1.54, 1.807) is 0 Å². The maximum Gasteiger partial charge on any atom is 0.323 e. The highest BCUT2D eigenvalue weighted by molar-refractivity contribution is 5.76. The quantitative estimate of drug-likeness (QED) is 0.700. The van der Waals surface area contributed by atoms with E-state index in [1.165, 1.54) is 7.11 Å². The molecule has 0 aromatic heterocycles. The molecule has 4 atom stereocenters. The minimum Gasteiger partial charge on any atom is -0.468 e. The van der Waals surface area contributed by atoms with Crippen LogP contribution in [0.5, 0.6) is 0 Å². The highest BCUT2D eigenvalue weighted by Gasteiger charge is 2.50. The second kappa shape index (κ2) is 7.59. The van der Waals surface area contributed by atoms with Crippen LogP contribution < -0.4 is 5.32 Å². The highest BCUT2D eigenvalue weighted by atomic mass is 16.5. The maximum atomic E-state index is 12.0. The van der Waals surface area contributed by atoms with Crippen LogP contribution in [0.1, 0.15) is 54.4 Å². The van der Waals surface area contributed by atoms with E-state index >= 15 is 0 Å². The largest absolute Gasteiger partial charge is 0.468 e. The summed E-state index contributed by atoms with van der Waals surface area (Å²) < 4.78 is 10.9. The molecule has 1 rings (SSSR count). The van der Waals surface area contributed by atoms with Crippen LogP contribution in [0.4, 0.5) is 0 Å². The number of rotatable bonds is 8. The van der Waals surface area contributed by atoms with Gasteiger partial charge in [0, 0.05) is 18.1 Å². The molecule has 4 heteroatoms. The first-order valence-corrected chi connectivity index (χ1v) is 8.19. The summed E-state index contributed by atoms with van der Waals surface area (Å²) in [4.78, 5) is 12.0. The minimum atomic E-state index is -0.227. The van der Waals surface area contributed by atoms with Crippen LogP contribution in [-0.2, 0) is 14.3 Å². The van der Waals surface area contributed by atoms with Gasteiger partial charge in [0.05, 0.1) is 13.2 Å². The third kappa shape index (κ3) is 4.43. The molecular formula is C17H33NO3. The summed E-state index contributed by atoms with van der Waals surface area (Å²) in [7, 11) is 1.46. The molecule has 4 nitrogen and oxygen atoms in total. The number of hydrogen-bond donors (Lipinski definition) is 1. The van der Waals surface area contributed by atoms with Crippen LogP contribution >= 0.6 is 0 Å². The Kier molecular flexibility index (Phi) is 6.67. The summed E-state index contributed by atoms with van der Waals surface area (Å²) in [5.74, 6) is 0.659. The molecule has 0 spiro atoms. The molecule has 0 aromatic rings. The highest BCUT2D eigenvalue weighted by Crippen LogP contribution is 2.43. The number of nitrogens with one attached hydrogen (secondary N) is 1. The summed E-state index contributed by atoms with van der Waals surface area (Å²) >= 11 is 0. The van der Waals surface area contributed by atoms with E-state index in [1.807, 2.05) is 0 Å². The van der Waals surface area contributed by atoms with Crippen LogP contribution in [0.3, 0.4) is 0 Å². The van der Waals surface area contributed by atoms with Crippen LogP contribution in [0.15, 0.2) is 0 Å². The Morgan fingerprint density at radius 3 is 2.38 bits per heavy atom. The van der Waals surface area contributed by atoms with Crippen LogP contribution in [-0.4, -0.2) is 37.9 Å².